The highest BCUT2D eigenvalue weighted by Gasteiger charge is 2.20. The van der Waals surface area contributed by atoms with E-state index in [1.54, 1.807) is 4.68 Å². The molecule has 1 saturated carbocycles. The molecule has 0 spiro atoms. The first-order chi connectivity index (χ1) is 11.4. The van der Waals surface area contributed by atoms with Crippen molar-refractivity contribution in [1.82, 2.24) is 25.5 Å². The lowest BCUT2D eigenvalue weighted by Crippen LogP contribution is -3.00. The molecule has 2 aromatic carbocycles. The summed E-state index contributed by atoms with van der Waals surface area (Å²) in [4.78, 5) is 0. The Morgan fingerprint density at radius 2 is 1.92 bits per heavy atom. The summed E-state index contributed by atoms with van der Waals surface area (Å²) in [6.45, 7) is 0.853. The van der Waals surface area contributed by atoms with Crippen molar-refractivity contribution in [3.05, 3.63) is 60.2 Å². The lowest BCUT2D eigenvalue weighted by molar-refractivity contribution is -0.00000547. The van der Waals surface area contributed by atoms with Crippen molar-refractivity contribution in [3.8, 4) is 17.4 Å². The average molecular weight is 343 g/mol. The van der Waals surface area contributed by atoms with E-state index >= 15 is 0 Å². The van der Waals surface area contributed by atoms with Gasteiger partial charge in [-0.2, -0.15) is 4.68 Å². The topological polar surface area (TPSA) is 64.9 Å². The maximum Gasteiger partial charge on any atom is 0.345 e. The Labute approximate surface area is 146 Å². The summed E-state index contributed by atoms with van der Waals surface area (Å²) >= 11 is 0. The number of nitrogens with one attached hydrogen (secondary N) is 1. The van der Waals surface area contributed by atoms with E-state index in [1.165, 1.54) is 18.4 Å². The molecule has 4 rings (SSSR count). The Morgan fingerprint density at radius 3 is 2.71 bits per heavy atom. The highest BCUT2D eigenvalue weighted by Crippen LogP contribution is 2.23. The van der Waals surface area contributed by atoms with Crippen LogP contribution in [0, 0.1) is 0 Å². The number of halogens is 1. The summed E-state index contributed by atoms with van der Waals surface area (Å²) in [5.41, 5.74) is 2.05. The van der Waals surface area contributed by atoms with E-state index < -0.39 is 0 Å². The van der Waals surface area contributed by atoms with E-state index in [2.05, 4.69) is 26.9 Å². The number of tetrazole rings is 1. The second-order valence-corrected chi connectivity index (χ2v) is 5.61. The van der Waals surface area contributed by atoms with Crippen molar-refractivity contribution in [3.63, 3.8) is 0 Å². The van der Waals surface area contributed by atoms with Gasteiger partial charge in [0.1, 0.15) is 5.75 Å². The van der Waals surface area contributed by atoms with E-state index in [1.807, 2.05) is 48.5 Å². The Kier molecular flexibility index (Phi) is 5.08. The number of para-hydroxylation sites is 1. The molecule has 1 fully saturated rings. The van der Waals surface area contributed by atoms with E-state index in [-0.39, 0.29) is 12.4 Å². The minimum Gasteiger partial charge on any atom is -1.00 e. The predicted molar refractivity (Wildman–Crippen MR) is 85.5 cm³/mol. The first-order valence-electron chi connectivity index (χ1n) is 7.72. The van der Waals surface area contributed by atoms with Gasteiger partial charge in [-0.05, 0) is 53.1 Å². The normalized spacial score (nSPS) is 13.3. The maximum atomic E-state index is 5.87. The van der Waals surface area contributed by atoms with Gasteiger partial charge in [-0.15, -0.1) is 0 Å². The average Bonchev–Trinajstić information content (AvgIpc) is 3.32. The van der Waals surface area contributed by atoms with Crippen LogP contribution >= 0.6 is 0 Å². The van der Waals surface area contributed by atoms with E-state index in [9.17, 15) is 0 Å². The van der Waals surface area contributed by atoms with Crippen LogP contribution in [0.15, 0.2) is 54.6 Å². The fourth-order valence-corrected chi connectivity index (χ4v) is 2.35. The molecule has 0 atom stereocenters. The van der Waals surface area contributed by atoms with Gasteiger partial charge in [0.2, 0.25) is 0 Å². The first-order valence-corrected chi connectivity index (χ1v) is 7.72. The molecular formula is C17H17ClN5O-. The molecule has 1 N–H and O–H groups in total. The van der Waals surface area contributed by atoms with Crippen molar-refractivity contribution >= 4 is 0 Å². The third-order valence-corrected chi connectivity index (χ3v) is 3.72. The fraction of sp³-hybridized carbons (Fsp3) is 0.235. The number of hydrogen-bond acceptors (Lipinski definition) is 5. The number of rotatable bonds is 6. The maximum absolute atomic E-state index is 5.87. The van der Waals surface area contributed by atoms with Crippen molar-refractivity contribution in [2.45, 2.75) is 25.4 Å². The molecule has 0 saturated heterocycles. The number of aromatic nitrogens is 4. The summed E-state index contributed by atoms with van der Waals surface area (Å²) in [5.74, 6) is 0.729. The lowest BCUT2D eigenvalue weighted by atomic mass is 10.2. The molecule has 6 nitrogen and oxygen atoms in total. The van der Waals surface area contributed by atoms with Gasteiger partial charge >= 0.3 is 6.01 Å². The molecule has 0 aliphatic heterocycles. The van der Waals surface area contributed by atoms with E-state index in [0.29, 0.717) is 12.1 Å². The Balaban J connectivity index is 0.00000169. The summed E-state index contributed by atoms with van der Waals surface area (Å²) < 4.78 is 7.44. The summed E-state index contributed by atoms with van der Waals surface area (Å²) in [5, 5.41) is 15.2. The van der Waals surface area contributed by atoms with Crippen LogP contribution in [-0.2, 0) is 6.54 Å². The molecule has 124 valence electrons. The van der Waals surface area contributed by atoms with Gasteiger partial charge in [-0.25, -0.2) is 0 Å². The number of hydrogen-bond donors (Lipinski definition) is 1. The van der Waals surface area contributed by atoms with Crippen LogP contribution in [-0.4, -0.2) is 26.2 Å². The smallest absolute Gasteiger partial charge is 0.345 e. The van der Waals surface area contributed by atoms with Crippen LogP contribution in [0.5, 0.6) is 11.8 Å². The molecule has 1 aromatic heterocycles. The van der Waals surface area contributed by atoms with Gasteiger partial charge in [-0.3, -0.25) is 0 Å². The van der Waals surface area contributed by atoms with Crippen molar-refractivity contribution in [2.75, 3.05) is 0 Å². The number of benzene rings is 2. The molecule has 7 heteroatoms. The molecule has 0 bridgehead atoms. The predicted octanol–water partition coefficient (Wildman–Crippen LogP) is -0.289. The van der Waals surface area contributed by atoms with Crippen molar-refractivity contribution < 1.29 is 17.1 Å². The third-order valence-electron chi connectivity index (χ3n) is 3.72. The highest BCUT2D eigenvalue weighted by molar-refractivity contribution is 5.34. The quantitative estimate of drug-likeness (QED) is 0.667. The van der Waals surface area contributed by atoms with Crippen molar-refractivity contribution in [2.24, 2.45) is 0 Å². The van der Waals surface area contributed by atoms with Crippen LogP contribution in [0.1, 0.15) is 18.4 Å². The molecule has 1 aliphatic carbocycles. The highest BCUT2D eigenvalue weighted by atomic mass is 35.5. The van der Waals surface area contributed by atoms with Gasteiger partial charge in [0.05, 0.1) is 5.69 Å². The number of ether oxygens (including phenoxy) is 1. The zero-order valence-corrected chi connectivity index (χ0v) is 13.7. The summed E-state index contributed by atoms with van der Waals surface area (Å²) in [7, 11) is 0. The molecule has 0 radical (unpaired) electrons. The first kappa shape index (κ1) is 16.4. The Morgan fingerprint density at radius 1 is 1.08 bits per heavy atom. The van der Waals surface area contributed by atoms with E-state index in [4.69, 9.17) is 4.74 Å². The zero-order chi connectivity index (χ0) is 15.5. The van der Waals surface area contributed by atoms with Crippen LogP contribution in [0.4, 0.5) is 0 Å². The SMILES string of the molecule is [Cl-].c1ccc(-n2nnnc2Oc2cccc(CNC3CC3)c2)cc1. The number of nitrogens with zero attached hydrogens (tertiary/aromatic N) is 4. The molecule has 24 heavy (non-hydrogen) atoms. The molecule has 0 amide bonds. The molecule has 1 heterocycles. The zero-order valence-electron chi connectivity index (χ0n) is 13.0. The third kappa shape index (κ3) is 3.90. The van der Waals surface area contributed by atoms with Gasteiger partial charge < -0.3 is 22.5 Å². The monoisotopic (exact) mass is 342 g/mol. The largest absolute Gasteiger partial charge is 1.00 e. The van der Waals surface area contributed by atoms with Gasteiger partial charge in [-0.1, -0.05) is 35.4 Å². The van der Waals surface area contributed by atoms with Gasteiger partial charge in [0, 0.05) is 12.6 Å². The Bertz CT molecular complexity index is 788. The van der Waals surface area contributed by atoms with Gasteiger partial charge in [0.15, 0.2) is 0 Å². The van der Waals surface area contributed by atoms with Crippen LogP contribution in [0.25, 0.3) is 5.69 Å². The van der Waals surface area contributed by atoms with Crippen LogP contribution in [0.2, 0.25) is 0 Å². The molecule has 1 aliphatic rings. The minimum absolute atomic E-state index is 0. The Hall–Kier alpha value is -2.44. The molecule has 3 aromatic rings. The summed E-state index contributed by atoms with van der Waals surface area (Å²) in [6.07, 6.45) is 2.56. The summed E-state index contributed by atoms with van der Waals surface area (Å²) in [6, 6.07) is 18.7. The second kappa shape index (κ2) is 7.42. The lowest BCUT2D eigenvalue weighted by Gasteiger charge is -2.08. The fourth-order valence-electron chi connectivity index (χ4n) is 2.35. The minimum atomic E-state index is 0. The van der Waals surface area contributed by atoms with Crippen molar-refractivity contribution in [1.29, 1.82) is 0 Å². The van der Waals surface area contributed by atoms with Gasteiger partial charge in [0.25, 0.3) is 0 Å². The second-order valence-electron chi connectivity index (χ2n) is 5.61. The van der Waals surface area contributed by atoms with E-state index in [0.717, 1.165) is 18.0 Å². The molecular weight excluding hydrogens is 326 g/mol. The van der Waals surface area contributed by atoms with Crippen LogP contribution in [0.3, 0.4) is 0 Å². The van der Waals surface area contributed by atoms with Crippen LogP contribution < -0.4 is 22.5 Å². The standard InChI is InChI=1S/C17H17N5O.ClH/c1-2-6-15(7-3-1)22-17(19-20-21-22)23-16-8-4-5-13(11-16)12-18-14-9-10-14;/h1-8,11,14,18H,9-10,12H2;1H/p-1. The molecule has 0 unspecified atom stereocenters.